The summed E-state index contributed by atoms with van der Waals surface area (Å²) in [5.74, 6) is 0. The van der Waals surface area contributed by atoms with Gasteiger partial charge in [0.1, 0.15) is 0 Å². The molecule has 0 bridgehead atoms. The Labute approximate surface area is 127 Å². The van der Waals surface area contributed by atoms with Gasteiger partial charge in [-0.2, -0.15) is 0 Å². The molecule has 0 spiro atoms. The molecule has 0 atom stereocenters. The average Bonchev–Trinajstić information content (AvgIpc) is 2.53. The summed E-state index contributed by atoms with van der Waals surface area (Å²) in [5, 5.41) is 2.94. The van der Waals surface area contributed by atoms with E-state index in [1.165, 1.54) is 12.8 Å². The van der Waals surface area contributed by atoms with Gasteiger partial charge in [-0.3, -0.25) is 4.90 Å². The molecule has 1 aromatic rings. The molecule has 0 unspecified atom stereocenters. The van der Waals surface area contributed by atoms with E-state index in [2.05, 4.69) is 10.2 Å². The van der Waals surface area contributed by atoms with Crippen LogP contribution >= 0.6 is 0 Å². The standard InChI is InChI=1S/C16H26N4O/c17-9-5-2-6-10-19-11-13-20(14-12-19)16(21)18-15-7-3-1-4-8-15/h1,3-4,7-8H,2,5-6,9-14,17H2,(H,18,21). The topological polar surface area (TPSA) is 61.6 Å². The molecule has 1 saturated heterocycles. The molecule has 1 aliphatic heterocycles. The number of piperazine rings is 1. The molecule has 116 valence electrons. The van der Waals surface area contributed by atoms with E-state index in [0.717, 1.165) is 51.4 Å². The van der Waals surface area contributed by atoms with Gasteiger partial charge in [0.15, 0.2) is 0 Å². The number of unbranched alkanes of at least 4 members (excludes halogenated alkanes) is 2. The minimum absolute atomic E-state index is 0.00369. The number of carbonyl (C=O) groups is 1. The van der Waals surface area contributed by atoms with Crippen LogP contribution in [0.4, 0.5) is 10.5 Å². The van der Waals surface area contributed by atoms with E-state index in [9.17, 15) is 4.79 Å². The number of amides is 2. The van der Waals surface area contributed by atoms with Gasteiger partial charge in [0.2, 0.25) is 0 Å². The number of urea groups is 1. The van der Waals surface area contributed by atoms with Crippen LogP contribution in [0.2, 0.25) is 0 Å². The van der Waals surface area contributed by atoms with Crippen LogP contribution in [-0.4, -0.2) is 55.1 Å². The van der Waals surface area contributed by atoms with E-state index < -0.39 is 0 Å². The van der Waals surface area contributed by atoms with Crippen molar-refractivity contribution in [3.63, 3.8) is 0 Å². The molecule has 0 radical (unpaired) electrons. The molecular weight excluding hydrogens is 264 g/mol. The van der Waals surface area contributed by atoms with E-state index in [1.807, 2.05) is 35.2 Å². The number of nitrogens with two attached hydrogens (primary N) is 1. The summed E-state index contributed by atoms with van der Waals surface area (Å²) < 4.78 is 0. The predicted octanol–water partition coefficient (Wildman–Crippen LogP) is 1.97. The van der Waals surface area contributed by atoms with E-state index >= 15 is 0 Å². The number of carbonyl (C=O) groups excluding carboxylic acids is 1. The lowest BCUT2D eigenvalue weighted by molar-refractivity contribution is 0.146. The molecule has 1 heterocycles. The zero-order valence-corrected chi connectivity index (χ0v) is 12.6. The Morgan fingerprint density at radius 1 is 1.05 bits per heavy atom. The van der Waals surface area contributed by atoms with Gasteiger partial charge in [-0.15, -0.1) is 0 Å². The molecule has 2 amide bonds. The second-order valence-corrected chi connectivity index (χ2v) is 5.47. The maximum atomic E-state index is 12.2. The Bertz CT molecular complexity index is 416. The molecule has 0 aliphatic carbocycles. The third-order valence-electron chi connectivity index (χ3n) is 3.86. The molecule has 0 aromatic heterocycles. The third kappa shape index (κ3) is 5.36. The molecule has 1 aliphatic rings. The first kappa shape index (κ1) is 15.8. The summed E-state index contributed by atoms with van der Waals surface area (Å²) in [6.07, 6.45) is 3.51. The van der Waals surface area contributed by atoms with Crippen molar-refractivity contribution < 1.29 is 4.79 Å². The van der Waals surface area contributed by atoms with Crippen molar-refractivity contribution >= 4 is 11.7 Å². The van der Waals surface area contributed by atoms with E-state index in [0.29, 0.717) is 0 Å². The van der Waals surface area contributed by atoms with Gasteiger partial charge in [0, 0.05) is 31.9 Å². The summed E-state index contributed by atoms with van der Waals surface area (Å²) in [6.45, 7) is 5.43. The Kier molecular flexibility index (Phi) is 6.50. The summed E-state index contributed by atoms with van der Waals surface area (Å²) in [7, 11) is 0. The Morgan fingerprint density at radius 3 is 2.43 bits per heavy atom. The maximum Gasteiger partial charge on any atom is 0.321 e. The van der Waals surface area contributed by atoms with E-state index in [-0.39, 0.29) is 6.03 Å². The lowest BCUT2D eigenvalue weighted by Gasteiger charge is -2.34. The van der Waals surface area contributed by atoms with Gasteiger partial charge in [-0.05, 0) is 38.1 Å². The zero-order chi connectivity index (χ0) is 14.9. The summed E-state index contributed by atoms with van der Waals surface area (Å²) in [5.41, 5.74) is 6.35. The van der Waals surface area contributed by atoms with Crippen molar-refractivity contribution in [3.8, 4) is 0 Å². The third-order valence-corrected chi connectivity index (χ3v) is 3.86. The van der Waals surface area contributed by atoms with Crippen LogP contribution in [0.15, 0.2) is 30.3 Å². The highest BCUT2D eigenvalue weighted by atomic mass is 16.2. The lowest BCUT2D eigenvalue weighted by Crippen LogP contribution is -2.50. The van der Waals surface area contributed by atoms with Crippen LogP contribution in [0, 0.1) is 0 Å². The van der Waals surface area contributed by atoms with Gasteiger partial charge in [0.25, 0.3) is 0 Å². The van der Waals surface area contributed by atoms with Crippen LogP contribution in [0.3, 0.4) is 0 Å². The monoisotopic (exact) mass is 290 g/mol. The first-order chi connectivity index (χ1) is 10.3. The van der Waals surface area contributed by atoms with Gasteiger partial charge in [-0.25, -0.2) is 4.79 Å². The van der Waals surface area contributed by atoms with E-state index in [1.54, 1.807) is 0 Å². The minimum atomic E-state index is 0.00369. The number of benzene rings is 1. The van der Waals surface area contributed by atoms with Crippen molar-refractivity contribution in [2.75, 3.05) is 44.6 Å². The number of nitrogens with one attached hydrogen (secondary N) is 1. The fraction of sp³-hybridized carbons (Fsp3) is 0.562. The van der Waals surface area contributed by atoms with Gasteiger partial charge >= 0.3 is 6.03 Å². The van der Waals surface area contributed by atoms with Gasteiger partial charge < -0.3 is 16.0 Å². The summed E-state index contributed by atoms with van der Waals surface area (Å²) in [4.78, 5) is 16.5. The highest BCUT2D eigenvalue weighted by molar-refractivity contribution is 5.89. The van der Waals surface area contributed by atoms with Crippen LogP contribution < -0.4 is 11.1 Å². The maximum absolute atomic E-state index is 12.2. The summed E-state index contributed by atoms with van der Waals surface area (Å²) in [6, 6.07) is 9.61. The Balaban J connectivity index is 1.67. The van der Waals surface area contributed by atoms with Crippen molar-refractivity contribution in [2.45, 2.75) is 19.3 Å². The van der Waals surface area contributed by atoms with Crippen molar-refractivity contribution in [2.24, 2.45) is 5.73 Å². The Morgan fingerprint density at radius 2 is 1.76 bits per heavy atom. The highest BCUT2D eigenvalue weighted by Crippen LogP contribution is 2.09. The van der Waals surface area contributed by atoms with Gasteiger partial charge in [-0.1, -0.05) is 24.6 Å². The molecule has 21 heavy (non-hydrogen) atoms. The number of hydrogen-bond acceptors (Lipinski definition) is 3. The number of anilines is 1. The molecule has 5 heteroatoms. The highest BCUT2D eigenvalue weighted by Gasteiger charge is 2.20. The minimum Gasteiger partial charge on any atom is -0.330 e. The quantitative estimate of drug-likeness (QED) is 0.787. The number of nitrogens with zero attached hydrogens (tertiary/aromatic N) is 2. The SMILES string of the molecule is NCCCCCN1CCN(C(=O)Nc2ccccc2)CC1. The predicted molar refractivity (Wildman–Crippen MR) is 86.4 cm³/mol. The molecule has 1 aromatic carbocycles. The van der Waals surface area contributed by atoms with Crippen LogP contribution in [0.25, 0.3) is 0 Å². The second kappa shape index (κ2) is 8.64. The summed E-state index contributed by atoms with van der Waals surface area (Å²) >= 11 is 0. The second-order valence-electron chi connectivity index (χ2n) is 5.47. The molecule has 0 saturated carbocycles. The number of para-hydroxylation sites is 1. The lowest BCUT2D eigenvalue weighted by atomic mass is 10.2. The normalized spacial score (nSPS) is 16.0. The molecule has 2 rings (SSSR count). The molecule has 3 N–H and O–H groups in total. The first-order valence-electron chi connectivity index (χ1n) is 7.83. The first-order valence-corrected chi connectivity index (χ1v) is 7.83. The largest absolute Gasteiger partial charge is 0.330 e. The Hall–Kier alpha value is -1.59. The van der Waals surface area contributed by atoms with Gasteiger partial charge in [0.05, 0.1) is 0 Å². The van der Waals surface area contributed by atoms with Crippen molar-refractivity contribution in [1.29, 1.82) is 0 Å². The zero-order valence-electron chi connectivity index (χ0n) is 12.6. The van der Waals surface area contributed by atoms with E-state index in [4.69, 9.17) is 5.73 Å². The van der Waals surface area contributed by atoms with Crippen LogP contribution in [0.1, 0.15) is 19.3 Å². The van der Waals surface area contributed by atoms with Crippen LogP contribution in [-0.2, 0) is 0 Å². The molecule has 1 fully saturated rings. The average molecular weight is 290 g/mol. The molecular formula is C16H26N4O. The number of hydrogen-bond donors (Lipinski definition) is 2. The molecule has 5 nitrogen and oxygen atoms in total. The fourth-order valence-corrected chi connectivity index (χ4v) is 2.56. The smallest absolute Gasteiger partial charge is 0.321 e. The fourth-order valence-electron chi connectivity index (χ4n) is 2.56. The van der Waals surface area contributed by atoms with Crippen molar-refractivity contribution in [3.05, 3.63) is 30.3 Å². The van der Waals surface area contributed by atoms with Crippen molar-refractivity contribution in [1.82, 2.24) is 9.80 Å². The van der Waals surface area contributed by atoms with Crippen LogP contribution in [0.5, 0.6) is 0 Å². The number of rotatable bonds is 6.